The maximum Gasteiger partial charge on any atom is 0.272 e. The van der Waals surface area contributed by atoms with Gasteiger partial charge >= 0.3 is 0 Å². The van der Waals surface area contributed by atoms with Crippen molar-refractivity contribution in [1.82, 2.24) is 14.7 Å². The highest BCUT2D eigenvalue weighted by atomic mass is 16.5. The molecule has 1 aromatic carbocycles. The van der Waals surface area contributed by atoms with Gasteiger partial charge in [0.1, 0.15) is 18.0 Å². The minimum atomic E-state index is -0.319. The van der Waals surface area contributed by atoms with Gasteiger partial charge in [-0.15, -0.1) is 0 Å². The summed E-state index contributed by atoms with van der Waals surface area (Å²) >= 11 is 0. The van der Waals surface area contributed by atoms with Gasteiger partial charge in [-0.25, -0.2) is 0 Å². The average molecular weight is 399 g/mol. The van der Waals surface area contributed by atoms with Gasteiger partial charge in [0.05, 0.1) is 18.3 Å². The average Bonchev–Trinajstić information content (AvgIpc) is 3.42. The molecule has 0 radical (unpaired) electrons. The number of rotatable bonds is 7. The van der Waals surface area contributed by atoms with Gasteiger partial charge in [0.15, 0.2) is 0 Å². The number of ether oxygens (including phenoxy) is 1. The lowest BCUT2D eigenvalue weighted by atomic mass is 10.1. The molecule has 1 aromatic heterocycles. The highest BCUT2D eigenvalue weighted by Crippen LogP contribution is 2.40. The molecular formula is C22H30N4O3. The number of hydrogen-bond donors (Lipinski definition) is 1. The highest BCUT2D eigenvalue weighted by Gasteiger charge is 2.32. The van der Waals surface area contributed by atoms with E-state index in [0.717, 1.165) is 18.5 Å². The summed E-state index contributed by atoms with van der Waals surface area (Å²) in [6.07, 6.45) is 2.24. The zero-order valence-corrected chi connectivity index (χ0v) is 17.9. The SMILES string of the molecule is CCN(CC(=O)Nc1cccc(OC)c1)C(=O)c1cc(C2CC2)nn1C(C)(C)C. The molecule has 3 rings (SSSR count). The van der Waals surface area contributed by atoms with Crippen molar-refractivity contribution in [3.8, 4) is 5.75 Å². The van der Waals surface area contributed by atoms with Crippen molar-refractivity contribution in [3.63, 3.8) is 0 Å². The van der Waals surface area contributed by atoms with Gasteiger partial charge < -0.3 is 15.0 Å². The first kappa shape index (κ1) is 20.9. The second kappa shape index (κ2) is 8.27. The maximum absolute atomic E-state index is 13.3. The number of nitrogens with zero attached hydrogens (tertiary/aromatic N) is 3. The molecule has 0 spiro atoms. The van der Waals surface area contributed by atoms with Gasteiger partial charge in [0.25, 0.3) is 5.91 Å². The summed E-state index contributed by atoms with van der Waals surface area (Å²) in [6.45, 7) is 8.35. The highest BCUT2D eigenvalue weighted by molar-refractivity contribution is 5.98. The van der Waals surface area contributed by atoms with Crippen molar-refractivity contribution in [2.45, 2.75) is 52.0 Å². The topological polar surface area (TPSA) is 76.5 Å². The van der Waals surface area contributed by atoms with Crippen LogP contribution in [0.3, 0.4) is 0 Å². The molecule has 2 amide bonds. The van der Waals surface area contributed by atoms with Crippen molar-refractivity contribution in [1.29, 1.82) is 0 Å². The van der Waals surface area contributed by atoms with E-state index < -0.39 is 0 Å². The number of aromatic nitrogens is 2. The third-order valence-electron chi connectivity index (χ3n) is 4.94. The Morgan fingerprint density at radius 3 is 2.59 bits per heavy atom. The van der Waals surface area contributed by atoms with E-state index in [2.05, 4.69) is 5.32 Å². The fourth-order valence-corrected chi connectivity index (χ4v) is 3.21. The summed E-state index contributed by atoms with van der Waals surface area (Å²) in [4.78, 5) is 27.4. The molecule has 0 bridgehead atoms. The number of carbonyl (C=O) groups is 2. The predicted molar refractivity (Wildman–Crippen MR) is 112 cm³/mol. The molecular weight excluding hydrogens is 368 g/mol. The number of benzene rings is 1. The predicted octanol–water partition coefficient (Wildman–Crippen LogP) is 3.62. The van der Waals surface area contributed by atoms with Crippen LogP contribution >= 0.6 is 0 Å². The van der Waals surface area contributed by atoms with Gasteiger partial charge in [0.2, 0.25) is 5.91 Å². The van der Waals surface area contributed by atoms with Crippen LogP contribution in [0.5, 0.6) is 5.75 Å². The van der Waals surface area contributed by atoms with Gasteiger partial charge in [-0.1, -0.05) is 6.07 Å². The normalized spacial score (nSPS) is 13.8. The molecule has 0 saturated heterocycles. The quantitative estimate of drug-likeness (QED) is 0.773. The Hall–Kier alpha value is -2.83. The van der Waals surface area contributed by atoms with Crippen molar-refractivity contribution in [3.05, 3.63) is 41.7 Å². The van der Waals surface area contributed by atoms with Crippen LogP contribution < -0.4 is 10.1 Å². The van der Waals surface area contributed by atoms with E-state index in [4.69, 9.17) is 9.84 Å². The van der Waals surface area contributed by atoms with E-state index in [1.807, 2.05) is 39.8 Å². The van der Waals surface area contributed by atoms with Crippen molar-refractivity contribution >= 4 is 17.5 Å². The molecule has 1 aliphatic carbocycles. The van der Waals surface area contributed by atoms with Gasteiger partial charge in [-0.05, 0) is 58.7 Å². The maximum atomic E-state index is 13.3. The van der Waals surface area contributed by atoms with Crippen molar-refractivity contribution < 1.29 is 14.3 Å². The Kier molecular flexibility index (Phi) is 5.96. The summed E-state index contributed by atoms with van der Waals surface area (Å²) in [5, 5.41) is 7.53. The van der Waals surface area contributed by atoms with Crippen LogP contribution in [0.2, 0.25) is 0 Å². The number of carbonyl (C=O) groups excluding carboxylic acids is 2. The van der Waals surface area contributed by atoms with Crippen LogP contribution in [0.1, 0.15) is 62.6 Å². The lowest BCUT2D eigenvalue weighted by molar-refractivity contribution is -0.116. The van der Waals surface area contributed by atoms with E-state index in [1.54, 1.807) is 34.9 Å². The largest absolute Gasteiger partial charge is 0.497 e. The zero-order chi connectivity index (χ0) is 21.2. The summed E-state index contributed by atoms with van der Waals surface area (Å²) in [7, 11) is 1.58. The Bertz CT molecular complexity index is 894. The lowest BCUT2D eigenvalue weighted by Gasteiger charge is -2.25. The molecule has 1 aliphatic rings. The van der Waals surface area contributed by atoms with Crippen molar-refractivity contribution in [2.24, 2.45) is 0 Å². The molecule has 2 aromatic rings. The third kappa shape index (κ3) is 4.96. The van der Waals surface area contributed by atoms with Crippen LogP contribution in [0, 0.1) is 0 Å². The lowest BCUT2D eigenvalue weighted by Crippen LogP contribution is -2.40. The minimum Gasteiger partial charge on any atom is -0.497 e. The van der Waals surface area contributed by atoms with Crippen molar-refractivity contribution in [2.75, 3.05) is 25.5 Å². The van der Waals surface area contributed by atoms with E-state index in [1.165, 1.54) is 0 Å². The van der Waals surface area contributed by atoms with Gasteiger partial charge in [-0.2, -0.15) is 5.10 Å². The molecule has 0 atom stereocenters. The number of likely N-dealkylation sites (N-methyl/N-ethyl adjacent to an activating group) is 1. The zero-order valence-electron chi connectivity index (χ0n) is 17.9. The van der Waals surface area contributed by atoms with Gasteiger partial charge in [-0.3, -0.25) is 14.3 Å². The summed E-state index contributed by atoms with van der Waals surface area (Å²) < 4.78 is 6.98. The van der Waals surface area contributed by atoms with Crippen LogP contribution in [-0.2, 0) is 10.3 Å². The van der Waals surface area contributed by atoms with E-state index in [-0.39, 0.29) is 23.9 Å². The van der Waals surface area contributed by atoms with Crippen LogP contribution in [0.4, 0.5) is 5.69 Å². The molecule has 0 aliphatic heterocycles. The molecule has 1 fully saturated rings. The molecule has 1 heterocycles. The standard InChI is InChI=1S/C22H30N4O3/c1-6-25(14-20(27)23-16-8-7-9-17(12-16)29-5)21(28)19-13-18(15-10-11-15)24-26(19)22(2,3)4/h7-9,12-13,15H,6,10-11,14H2,1-5H3,(H,23,27). The first-order valence-corrected chi connectivity index (χ1v) is 10.1. The monoisotopic (exact) mass is 398 g/mol. The van der Waals surface area contributed by atoms with Crippen LogP contribution in [0.15, 0.2) is 30.3 Å². The molecule has 1 N–H and O–H groups in total. The second-order valence-corrected chi connectivity index (χ2v) is 8.41. The molecule has 7 nitrogen and oxygen atoms in total. The number of methoxy groups -OCH3 is 1. The molecule has 156 valence electrons. The van der Waals surface area contributed by atoms with E-state index in [0.29, 0.717) is 29.6 Å². The van der Waals surface area contributed by atoms with E-state index >= 15 is 0 Å². The molecule has 7 heteroatoms. The fourth-order valence-electron chi connectivity index (χ4n) is 3.21. The minimum absolute atomic E-state index is 0.0272. The number of amides is 2. The summed E-state index contributed by atoms with van der Waals surface area (Å²) in [5.41, 5.74) is 1.82. The molecule has 0 unspecified atom stereocenters. The molecule has 29 heavy (non-hydrogen) atoms. The Morgan fingerprint density at radius 2 is 2.00 bits per heavy atom. The number of nitrogens with one attached hydrogen (secondary N) is 1. The summed E-state index contributed by atoms with van der Waals surface area (Å²) in [6, 6.07) is 9.04. The number of anilines is 1. The van der Waals surface area contributed by atoms with Crippen LogP contribution in [0.25, 0.3) is 0 Å². The fraction of sp³-hybridized carbons (Fsp3) is 0.500. The Labute approximate surface area is 172 Å². The Morgan fingerprint density at radius 1 is 1.28 bits per heavy atom. The second-order valence-electron chi connectivity index (χ2n) is 8.41. The Balaban J connectivity index is 1.75. The van der Waals surface area contributed by atoms with E-state index in [9.17, 15) is 9.59 Å². The first-order valence-electron chi connectivity index (χ1n) is 10.1. The molecule has 1 saturated carbocycles. The number of hydrogen-bond acceptors (Lipinski definition) is 4. The van der Waals surface area contributed by atoms with Crippen LogP contribution in [-0.4, -0.2) is 46.7 Å². The smallest absolute Gasteiger partial charge is 0.272 e. The summed E-state index contributed by atoms with van der Waals surface area (Å²) in [5.74, 6) is 0.685. The van der Waals surface area contributed by atoms with Gasteiger partial charge in [0, 0.05) is 24.2 Å². The first-order chi connectivity index (χ1) is 13.7. The third-order valence-corrected chi connectivity index (χ3v) is 4.94.